The van der Waals surface area contributed by atoms with Crippen LogP contribution in [0.15, 0.2) is 60.8 Å². The fraction of sp³-hybridized carbons (Fsp3) is 0.269. The van der Waals surface area contributed by atoms with Gasteiger partial charge >= 0.3 is 6.18 Å². The average molecular weight is 465 g/mol. The number of benzene rings is 1. The van der Waals surface area contributed by atoms with Crippen molar-refractivity contribution in [2.45, 2.75) is 31.9 Å². The molecule has 8 heteroatoms. The molecule has 1 saturated carbocycles. The Bertz CT molecular complexity index is 1230. The lowest BCUT2D eigenvalue weighted by Gasteiger charge is -2.11. The zero-order valence-electron chi connectivity index (χ0n) is 18.2. The minimum absolute atomic E-state index is 0.0167. The van der Waals surface area contributed by atoms with Crippen molar-refractivity contribution >= 4 is 11.6 Å². The number of aromatic nitrogens is 2. The van der Waals surface area contributed by atoms with Crippen molar-refractivity contribution in [3.63, 3.8) is 0 Å². The van der Waals surface area contributed by atoms with E-state index >= 15 is 0 Å². The number of nitrogens with one attached hydrogen (secondary N) is 1. The number of pyridine rings is 2. The Morgan fingerprint density at radius 3 is 2.53 bits per heavy atom. The fourth-order valence-electron chi connectivity index (χ4n) is 3.79. The van der Waals surface area contributed by atoms with Gasteiger partial charge in [-0.05, 0) is 54.7 Å². The van der Waals surface area contributed by atoms with E-state index in [1.165, 1.54) is 25.0 Å². The minimum atomic E-state index is -4.40. The summed E-state index contributed by atoms with van der Waals surface area (Å²) in [5.74, 6) is 0.974. The normalized spacial score (nSPS) is 15.0. The molecule has 1 aromatic carbocycles. The van der Waals surface area contributed by atoms with E-state index in [0.717, 1.165) is 34.6 Å². The molecule has 1 fully saturated rings. The fourth-order valence-corrected chi connectivity index (χ4v) is 3.79. The van der Waals surface area contributed by atoms with E-state index in [9.17, 15) is 18.0 Å². The van der Waals surface area contributed by atoms with Crippen LogP contribution < -0.4 is 10.1 Å². The standard InChI is InChI=1S/C26H22F3N3O2/c27-26(28,29)19-6-3-16(4-7-19)13-24(33)32-23-11-10-22-20(23)8-9-21(31-22)18-5-12-25(30-14-18)34-15-17-1-2-17/h3-9,11-12,14,17H,1-2,10,13,15H2,(H,32,33). The van der Waals surface area contributed by atoms with Crippen LogP contribution in [0.2, 0.25) is 0 Å². The third-order valence-electron chi connectivity index (χ3n) is 5.88. The van der Waals surface area contributed by atoms with Gasteiger partial charge in [0.05, 0.1) is 30.0 Å². The Hall–Kier alpha value is -3.68. The van der Waals surface area contributed by atoms with Crippen molar-refractivity contribution in [3.8, 4) is 17.1 Å². The van der Waals surface area contributed by atoms with Gasteiger partial charge in [-0.3, -0.25) is 9.78 Å². The van der Waals surface area contributed by atoms with Gasteiger partial charge in [-0.25, -0.2) is 4.98 Å². The molecule has 5 rings (SSSR count). The number of nitrogens with zero attached hydrogens (tertiary/aromatic N) is 2. The molecular formula is C26H22F3N3O2. The van der Waals surface area contributed by atoms with Crippen LogP contribution in [0.25, 0.3) is 17.0 Å². The maximum absolute atomic E-state index is 12.7. The molecule has 0 bridgehead atoms. The molecule has 2 heterocycles. The Morgan fingerprint density at radius 2 is 1.85 bits per heavy atom. The number of carbonyl (C=O) groups excluding carboxylic acids is 1. The van der Waals surface area contributed by atoms with E-state index in [4.69, 9.17) is 9.72 Å². The van der Waals surface area contributed by atoms with E-state index < -0.39 is 11.7 Å². The Morgan fingerprint density at radius 1 is 1.06 bits per heavy atom. The lowest BCUT2D eigenvalue weighted by atomic mass is 10.1. The van der Waals surface area contributed by atoms with Gasteiger partial charge in [0.1, 0.15) is 0 Å². The summed E-state index contributed by atoms with van der Waals surface area (Å²) in [6.07, 6.45) is 2.25. The van der Waals surface area contributed by atoms with Crippen molar-refractivity contribution in [2.24, 2.45) is 5.92 Å². The average Bonchev–Trinajstić information content (AvgIpc) is 3.57. The molecule has 2 aliphatic rings. The second-order valence-corrected chi connectivity index (χ2v) is 8.57. The van der Waals surface area contributed by atoms with Crippen molar-refractivity contribution in [3.05, 3.63) is 83.2 Å². The molecular weight excluding hydrogens is 443 g/mol. The van der Waals surface area contributed by atoms with Gasteiger partial charge < -0.3 is 10.1 Å². The largest absolute Gasteiger partial charge is 0.477 e. The quantitative estimate of drug-likeness (QED) is 0.521. The zero-order valence-corrected chi connectivity index (χ0v) is 18.2. The van der Waals surface area contributed by atoms with Gasteiger partial charge in [0, 0.05) is 35.5 Å². The Balaban J connectivity index is 1.21. The van der Waals surface area contributed by atoms with Gasteiger partial charge in [-0.2, -0.15) is 13.2 Å². The Kier molecular flexibility index (Phi) is 5.81. The van der Waals surface area contributed by atoms with Crippen LogP contribution in [0.3, 0.4) is 0 Å². The first-order valence-electron chi connectivity index (χ1n) is 11.1. The summed E-state index contributed by atoms with van der Waals surface area (Å²) in [4.78, 5) is 21.6. The molecule has 1 N–H and O–H groups in total. The second-order valence-electron chi connectivity index (χ2n) is 8.57. The molecule has 2 aromatic heterocycles. The maximum Gasteiger partial charge on any atom is 0.416 e. The highest BCUT2D eigenvalue weighted by Gasteiger charge is 2.30. The number of hydrogen-bond donors (Lipinski definition) is 1. The molecule has 5 nitrogen and oxygen atoms in total. The third kappa shape index (κ3) is 5.11. The number of amides is 1. The van der Waals surface area contributed by atoms with Crippen LogP contribution >= 0.6 is 0 Å². The predicted molar refractivity (Wildman–Crippen MR) is 121 cm³/mol. The van der Waals surface area contributed by atoms with Crippen molar-refractivity contribution in [1.82, 2.24) is 15.3 Å². The number of alkyl halides is 3. The predicted octanol–water partition coefficient (Wildman–Crippen LogP) is 5.21. The molecule has 0 radical (unpaired) electrons. The first kappa shape index (κ1) is 22.1. The van der Waals surface area contributed by atoms with Gasteiger partial charge in [0.2, 0.25) is 11.8 Å². The topological polar surface area (TPSA) is 64.1 Å². The smallest absolute Gasteiger partial charge is 0.416 e. The van der Waals surface area contributed by atoms with Crippen LogP contribution in [-0.2, 0) is 23.8 Å². The van der Waals surface area contributed by atoms with E-state index in [-0.39, 0.29) is 12.3 Å². The number of allylic oxidation sites excluding steroid dienone is 1. The van der Waals surface area contributed by atoms with Gasteiger partial charge in [0.25, 0.3) is 0 Å². The van der Waals surface area contributed by atoms with Crippen LogP contribution in [0.1, 0.15) is 35.2 Å². The second kappa shape index (κ2) is 8.93. The number of carbonyl (C=O) groups is 1. The lowest BCUT2D eigenvalue weighted by molar-refractivity contribution is -0.137. The summed E-state index contributed by atoms with van der Waals surface area (Å²) in [5.41, 5.74) is 3.77. The summed E-state index contributed by atoms with van der Waals surface area (Å²) in [7, 11) is 0. The highest BCUT2D eigenvalue weighted by atomic mass is 19.4. The molecule has 0 aliphatic heterocycles. The third-order valence-corrected chi connectivity index (χ3v) is 5.88. The highest BCUT2D eigenvalue weighted by molar-refractivity contribution is 5.89. The van der Waals surface area contributed by atoms with Gasteiger partial charge in [-0.1, -0.05) is 18.2 Å². The molecule has 0 unspecified atom stereocenters. The van der Waals surface area contributed by atoms with E-state index in [1.807, 2.05) is 30.3 Å². The first-order valence-corrected chi connectivity index (χ1v) is 11.1. The van der Waals surface area contributed by atoms with E-state index in [0.29, 0.717) is 36.1 Å². The summed E-state index contributed by atoms with van der Waals surface area (Å²) < 4.78 is 43.8. The molecule has 174 valence electrons. The van der Waals surface area contributed by atoms with Crippen LogP contribution in [-0.4, -0.2) is 22.5 Å². The number of halogens is 3. The molecule has 0 atom stereocenters. The minimum Gasteiger partial charge on any atom is -0.477 e. The Labute approximate surface area is 194 Å². The van der Waals surface area contributed by atoms with E-state index in [1.54, 1.807) is 6.20 Å². The van der Waals surface area contributed by atoms with Gasteiger partial charge in [0.15, 0.2) is 0 Å². The number of ether oxygens (including phenoxy) is 1. The highest BCUT2D eigenvalue weighted by Crippen LogP contribution is 2.31. The molecule has 0 spiro atoms. The van der Waals surface area contributed by atoms with Gasteiger partial charge in [-0.15, -0.1) is 0 Å². The maximum atomic E-state index is 12.7. The summed E-state index contributed by atoms with van der Waals surface area (Å²) >= 11 is 0. The number of fused-ring (bicyclic) bond motifs is 1. The van der Waals surface area contributed by atoms with E-state index in [2.05, 4.69) is 10.3 Å². The summed E-state index contributed by atoms with van der Waals surface area (Å²) in [5, 5.41) is 2.85. The number of rotatable bonds is 7. The SMILES string of the molecule is O=C(Cc1ccc(C(F)(F)F)cc1)NC1=CCc2nc(-c3ccc(OCC4CC4)nc3)ccc21. The molecule has 3 aromatic rings. The van der Waals surface area contributed by atoms with Crippen LogP contribution in [0.5, 0.6) is 5.88 Å². The summed E-state index contributed by atoms with van der Waals surface area (Å²) in [6, 6.07) is 12.2. The van der Waals surface area contributed by atoms with Crippen LogP contribution in [0, 0.1) is 5.92 Å². The zero-order chi connectivity index (χ0) is 23.7. The molecule has 2 aliphatic carbocycles. The van der Waals surface area contributed by atoms with Crippen molar-refractivity contribution in [1.29, 1.82) is 0 Å². The van der Waals surface area contributed by atoms with Crippen molar-refractivity contribution in [2.75, 3.05) is 6.61 Å². The first-order chi connectivity index (χ1) is 16.3. The summed E-state index contributed by atoms with van der Waals surface area (Å²) in [6.45, 7) is 0.711. The van der Waals surface area contributed by atoms with Crippen LogP contribution in [0.4, 0.5) is 13.2 Å². The molecule has 34 heavy (non-hydrogen) atoms. The molecule has 1 amide bonds. The monoisotopic (exact) mass is 465 g/mol. The lowest BCUT2D eigenvalue weighted by Crippen LogP contribution is -2.23. The van der Waals surface area contributed by atoms with Crippen molar-refractivity contribution < 1.29 is 22.7 Å². The molecule has 0 saturated heterocycles. The number of hydrogen-bond acceptors (Lipinski definition) is 4.